The van der Waals surface area contributed by atoms with Crippen LogP contribution in [-0.2, 0) is 14.4 Å². The number of nitro groups is 2. The van der Waals surface area contributed by atoms with Crippen molar-refractivity contribution in [3.05, 3.63) is 137 Å². The molecule has 1 unspecified atom stereocenters. The van der Waals surface area contributed by atoms with Crippen LogP contribution < -0.4 is 11.5 Å². The molecule has 1 atom stereocenters. The van der Waals surface area contributed by atoms with E-state index in [1.54, 1.807) is 18.2 Å². The zero-order valence-electron chi connectivity index (χ0n) is 25.8. The zero-order chi connectivity index (χ0) is 37.7. The van der Waals surface area contributed by atoms with Crippen molar-refractivity contribution < 1.29 is 49.5 Å². The number of aromatic carboxylic acids is 1. The molecule has 18 heteroatoms. The lowest BCUT2D eigenvalue weighted by Gasteiger charge is -2.15. The van der Waals surface area contributed by atoms with Gasteiger partial charge in [-0.25, -0.2) is 19.2 Å². The topological polar surface area (TPSA) is 288 Å². The van der Waals surface area contributed by atoms with Crippen molar-refractivity contribution in [2.45, 2.75) is 45.6 Å². The molecule has 0 heterocycles. The zero-order valence-corrected chi connectivity index (χ0v) is 30.1. The van der Waals surface area contributed by atoms with Gasteiger partial charge in [0, 0.05) is 87.5 Å². The summed E-state index contributed by atoms with van der Waals surface area (Å²) in [6.07, 6.45) is 12.1. The summed E-state index contributed by atoms with van der Waals surface area (Å²) in [5.74, 6) is -4.47. The summed E-state index contributed by atoms with van der Waals surface area (Å²) >= 11 is 4.24. The van der Waals surface area contributed by atoms with Crippen molar-refractivity contribution in [1.29, 1.82) is 0 Å². The van der Waals surface area contributed by atoms with Gasteiger partial charge in [-0.05, 0) is 55.0 Å². The van der Waals surface area contributed by atoms with E-state index >= 15 is 0 Å². The first kappa shape index (κ1) is 43.9. The van der Waals surface area contributed by atoms with Gasteiger partial charge in [-0.2, -0.15) is 0 Å². The third-order valence-corrected chi connectivity index (χ3v) is 7.49. The standard InChI is InChI=1S/C16H14N2O8.C16H16N2O4.CH4.I2/c19-15(20)11-5-3-9(13(7-11)17(23)24)1-2-10-4-6-12(16(21)22)8-14(10)18(25)26;17-13-7-11(15(19)20)5-3-9(13)1-2-10-4-6-12(16(21)22)8-14(10)18;;1-2/h1-3,5,8,13H,4,6-7H2,(H,19,20)(H,21,22);1-3,5,7-8H,4,6,17-18H2,(H,19,20)(H,21,22);1H4;/b2*2-1+;;. The van der Waals surface area contributed by atoms with Gasteiger partial charge in [0.2, 0.25) is 6.04 Å². The Hall–Kier alpha value is -5.12. The first-order valence-electron chi connectivity index (χ1n) is 14.2. The molecule has 272 valence electrons. The Morgan fingerprint density at radius 3 is 1.78 bits per heavy atom. The van der Waals surface area contributed by atoms with E-state index in [1.165, 1.54) is 42.5 Å². The van der Waals surface area contributed by atoms with Crippen molar-refractivity contribution in [3.63, 3.8) is 0 Å². The number of rotatable bonds is 10. The van der Waals surface area contributed by atoms with Crippen LogP contribution in [0.4, 0.5) is 5.69 Å². The molecule has 0 amide bonds. The van der Waals surface area contributed by atoms with E-state index in [1.807, 2.05) is 0 Å². The van der Waals surface area contributed by atoms with Crippen LogP contribution in [0.5, 0.6) is 0 Å². The number of nitrogen functional groups attached to an aromatic ring is 1. The lowest BCUT2D eigenvalue weighted by atomic mass is 9.91. The van der Waals surface area contributed by atoms with E-state index in [4.69, 9.17) is 31.9 Å². The van der Waals surface area contributed by atoms with Crippen molar-refractivity contribution in [3.8, 4) is 0 Å². The minimum Gasteiger partial charge on any atom is -0.478 e. The lowest BCUT2D eigenvalue weighted by Crippen LogP contribution is -2.25. The van der Waals surface area contributed by atoms with Crippen LogP contribution in [0.15, 0.2) is 106 Å². The lowest BCUT2D eigenvalue weighted by molar-refractivity contribution is -0.510. The largest absolute Gasteiger partial charge is 0.478 e. The second-order valence-corrected chi connectivity index (χ2v) is 10.6. The number of benzene rings is 1. The molecule has 8 N–H and O–H groups in total. The first-order valence-corrected chi connectivity index (χ1v) is 20.5. The maximum atomic E-state index is 11.2. The van der Waals surface area contributed by atoms with Crippen molar-refractivity contribution in [2.75, 3.05) is 5.73 Å². The normalized spacial score (nSPS) is 16.9. The molecule has 0 bridgehead atoms. The number of allylic oxidation sites excluding steroid dienone is 8. The molecule has 16 nitrogen and oxygen atoms in total. The Morgan fingerprint density at radius 1 is 0.745 bits per heavy atom. The van der Waals surface area contributed by atoms with Crippen molar-refractivity contribution in [1.82, 2.24) is 0 Å². The van der Waals surface area contributed by atoms with Crippen molar-refractivity contribution in [2.24, 2.45) is 5.73 Å². The highest BCUT2D eigenvalue weighted by atomic mass is 128. The number of halogens is 2. The van der Waals surface area contributed by atoms with Crippen LogP contribution in [-0.4, -0.2) is 60.2 Å². The molecule has 0 spiro atoms. The Morgan fingerprint density at radius 2 is 1.29 bits per heavy atom. The number of nitrogens with two attached hydrogens (primary N) is 2. The Balaban J connectivity index is 0.000000483. The fraction of sp³-hybridized carbons (Fsp3) is 0.212. The molecule has 0 saturated carbocycles. The van der Waals surface area contributed by atoms with Crippen LogP contribution in [0.1, 0.15) is 55.5 Å². The summed E-state index contributed by atoms with van der Waals surface area (Å²) in [5, 5.41) is 58.1. The molecule has 1 aromatic rings. The molecule has 3 aliphatic rings. The third-order valence-electron chi connectivity index (χ3n) is 7.49. The summed E-state index contributed by atoms with van der Waals surface area (Å²) in [6, 6.07) is 3.21. The predicted octanol–water partition coefficient (Wildman–Crippen LogP) is 6.27. The van der Waals surface area contributed by atoms with Gasteiger partial charge >= 0.3 is 23.9 Å². The van der Waals surface area contributed by atoms with E-state index < -0.39 is 39.8 Å². The molecule has 4 rings (SSSR count). The highest BCUT2D eigenvalue weighted by Gasteiger charge is 2.31. The van der Waals surface area contributed by atoms with Crippen molar-refractivity contribution >= 4 is 72.9 Å². The predicted molar refractivity (Wildman–Crippen MR) is 205 cm³/mol. The van der Waals surface area contributed by atoms with Gasteiger partial charge in [0.15, 0.2) is 0 Å². The maximum absolute atomic E-state index is 11.2. The molecule has 1 aromatic carbocycles. The van der Waals surface area contributed by atoms with Gasteiger partial charge in [-0.3, -0.25) is 20.2 Å². The summed E-state index contributed by atoms with van der Waals surface area (Å²) in [4.78, 5) is 64.7. The second kappa shape index (κ2) is 20.5. The molecule has 3 aliphatic carbocycles. The summed E-state index contributed by atoms with van der Waals surface area (Å²) in [7, 11) is 0. The second-order valence-electron chi connectivity index (χ2n) is 10.6. The molecule has 0 saturated heterocycles. The number of carbonyl (C=O) groups is 4. The number of nitrogens with zero attached hydrogens (tertiary/aromatic N) is 2. The number of hydrogen-bond donors (Lipinski definition) is 6. The average molecular weight is 932 g/mol. The summed E-state index contributed by atoms with van der Waals surface area (Å²) in [6.45, 7) is 0. The fourth-order valence-corrected chi connectivity index (χ4v) is 4.82. The van der Waals surface area contributed by atoms with E-state index in [-0.39, 0.29) is 60.2 Å². The molecular weight excluding hydrogens is 898 g/mol. The number of carboxylic acid groups (broad SMARTS) is 4. The van der Waals surface area contributed by atoms with Crippen LogP contribution in [0.3, 0.4) is 0 Å². The third kappa shape index (κ3) is 12.6. The van der Waals surface area contributed by atoms with Crippen LogP contribution in [0.25, 0.3) is 6.08 Å². The molecule has 0 aromatic heterocycles. The van der Waals surface area contributed by atoms with Gasteiger partial charge in [0.25, 0.3) is 5.70 Å². The number of anilines is 1. The van der Waals surface area contributed by atoms with Gasteiger partial charge in [0.1, 0.15) is 0 Å². The van der Waals surface area contributed by atoms with E-state index in [0.717, 1.165) is 11.6 Å². The Kier molecular flexibility index (Phi) is 17.7. The fourth-order valence-electron chi connectivity index (χ4n) is 4.82. The van der Waals surface area contributed by atoms with Gasteiger partial charge < -0.3 is 31.9 Å². The van der Waals surface area contributed by atoms with E-state index in [2.05, 4.69) is 37.2 Å². The summed E-state index contributed by atoms with van der Waals surface area (Å²) < 4.78 is 0. The SMILES string of the molecule is C.II.NC1=C(/C=C/c2ccc(C(=O)O)cc2N)CCC(C(=O)O)=C1.O=C(O)C1=CC([N+](=O)[O-])=C(/C=C/C2=CC=C(C(=O)O)CC2[N+](=O)[O-])CC1. The first-order chi connectivity index (χ1) is 23.6. The minimum atomic E-state index is -1.27. The number of carboxylic acids is 4. The Bertz CT molecular complexity index is 1850. The number of hydrogen-bond acceptors (Lipinski definition) is 10. The molecule has 0 fully saturated rings. The maximum Gasteiger partial charge on any atom is 0.335 e. The smallest absolute Gasteiger partial charge is 0.335 e. The average Bonchev–Trinajstić information content (AvgIpc) is 3.07. The van der Waals surface area contributed by atoms with Gasteiger partial charge in [-0.1, -0.05) is 49.9 Å². The van der Waals surface area contributed by atoms with E-state index in [0.29, 0.717) is 35.4 Å². The molecular formula is C33H34I2N4O12. The van der Waals surface area contributed by atoms with Crippen LogP contribution in [0, 0.1) is 20.2 Å². The van der Waals surface area contributed by atoms with Gasteiger partial charge in [-0.15, -0.1) is 0 Å². The Labute approximate surface area is 314 Å². The van der Waals surface area contributed by atoms with Crippen LogP contribution >= 0.6 is 37.2 Å². The van der Waals surface area contributed by atoms with Gasteiger partial charge in [0.05, 0.1) is 16.9 Å². The van der Waals surface area contributed by atoms with Crippen LogP contribution in [0.2, 0.25) is 0 Å². The highest BCUT2D eigenvalue weighted by molar-refractivity contribution is 15.0. The molecule has 0 aliphatic heterocycles. The number of aliphatic carboxylic acids is 3. The monoisotopic (exact) mass is 932 g/mol. The molecule has 51 heavy (non-hydrogen) atoms. The van der Waals surface area contributed by atoms with E-state index in [9.17, 15) is 39.4 Å². The quantitative estimate of drug-likeness (QED) is 0.0653. The summed E-state index contributed by atoms with van der Waals surface area (Å²) in [5.41, 5.74) is 14.3. The minimum absolute atomic E-state index is 0. The molecule has 0 radical (unpaired) electrons. The highest BCUT2D eigenvalue weighted by Crippen LogP contribution is 2.28.